The number of benzene rings is 2. The Bertz CT molecular complexity index is 1580. The molecule has 5 rings (SSSR count). The maximum Gasteiger partial charge on any atom is 0.244 e. The molecular formula is C23H20N6O3S. The molecule has 0 aliphatic carbocycles. The first-order chi connectivity index (χ1) is 16.0. The first-order valence-corrected chi connectivity index (χ1v) is 11.6. The lowest BCUT2D eigenvalue weighted by molar-refractivity contribution is 0.402. The third kappa shape index (κ3) is 3.79. The van der Waals surface area contributed by atoms with Crippen molar-refractivity contribution in [1.82, 2.24) is 29.5 Å². The van der Waals surface area contributed by atoms with Gasteiger partial charge in [0.05, 0.1) is 12.8 Å². The van der Waals surface area contributed by atoms with Crippen LogP contribution in [-0.2, 0) is 16.6 Å². The standard InChI is InChI=1S/C23H20N6O3S/c1-15-18-7-3-4-8-19(18)23-27-26-22(29(23)28-15)17-9-10-20(32-2)21(12-17)33(30,31)25-14-16-6-5-11-24-13-16/h3-13,25H,14H2,1-2H3. The topological polar surface area (TPSA) is 111 Å². The van der Waals surface area contributed by atoms with E-state index in [0.717, 1.165) is 22.0 Å². The maximum atomic E-state index is 13.1. The van der Waals surface area contributed by atoms with Crippen molar-refractivity contribution in [1.29, 1.82) is 0 Å². The molecule has 0 saturated heterocycles. The van der Waals surface area contributed by atoms with E-state index in [0.29, 0.717) is 17.0 Å². The van der Waals surface area contributed by atoms with Crippen molar-refractivity contribution in [2.75, 3.05) is 7.11 Å². The summed E-state index contributed by atoms with van der Waals surface area (Å²) in [6, 6.07) is 16.2. The molecule has 5 aromatic rings. The number of aromatic nitrogens is 5. The molecule has 10 heteroatoms. The molecule has 0 radical (unpaired) electrons. The number of aryl methyl sites for hydroxylation is 1. The van der Waals surface area contributed by atoms with Crippen molar-refractivity contribution in [3.05, 3.63) is 78.2 Å². The van der Waals surface area contributed by atoms with Crippen LogP contribution < -0.4 is 9.46 Å². The molecule has 0 amide bonds. The zero-order valence-electron chi connectivity index (χ0n) is 17.9. The van der Waals surface area contributed by atoms with Crippen LogP contribution in [0.25, 0.3) is 27.8 Å². The number of ether oxygens (including phenoxy) is 1. The molecule has 0 aliphatic heterocycles. The molecule has 2 aromatic carbocycles. The Morgan fingerprint density at radius 1 is 1.03 bits per heavy atom. The second-order valence-electron chi connectivity index (χ2n) is 7.44. The minimum Gasteiger partial charge on any atom is -0.495 e. The molecule has 0 spiro atoms. The Morgan fingerprint density at radius 2 is 1.85 bits per heavy atom. The normalized spacial score (nSPS) is 11.8. The minimum absolute atomic E-state index is 0.000603. The Morgan fingerprint density at radius 3 is 2.61 bits per heavy atom. The first-order valence-electron chi connectivity index (χ1n) is 10.2. The summed E-state index contributed by atoms with van der Waals surface area (Å²) in [4.78, 5) is 4.01. The van der Waals surface area contributed by atoms with Crippen molar-refractivity contribution < 1.29 is 13.2 Å². The highest BCUT2D eigenvalue weighted by Crippen LogP contribution is 2.30. The quantitative estimate of drug-likeness (QED) is 0.414. The number of rotatable bonds is 6. The Hall–Kier alpha value is -3.89. The summed E-state index contributed by atoms with van der Waals surface area (Å²) < 4.78 is 35.8. The summed E-state index contributed by atoms with van der Waals surface area (Å²) in [5.41, 5.74) is 2.71. The molecule has 9 nitrogen and oxygen atoms in total. The highest BCUT2D eigenvalue weighted by atomic mass is 32.2. The molecule has 0 fully saturated rings. The molecule has 0 bridgehead atoms. The van der Waals surface area contributed by atoms with E-state index in [1.165, 1.54) is 13.2 Å². The number of fused-ring (bicyclic) bond motifs is 3. The van der Waals surface area contributed by atoms with E-state index in [-0.39, 0.29) is 17.2 Å². The molecule has 166 valence electrons. The summed E-state index contributed by atoms with van der Waals surface area (Å²) >= 11 is 0. The van der Waals surface area contributed by atoms with Crippen LogP contribution in [0.4, 0.5) is 0 Å². The van der Waals surface area contributed by atoms with E-state index in [4.69, 9.17) is 4.74 Å². The number of hydrogen-bond donors (Lipinski definition) is 1. The van der Waals surface area contributed by atoms with Gasteiger partial charge in [0, 0.05) is 35.3 Å². The molecule has 0 aliphatic rings. The lowest BCUT2D eigenvalue weighted by atomic mass is 10.1. The van der Waals surface area contributed by atoms with Crippen LogP contribution in [0.3, 0.4) is 0 Å². The molecule has 3 heterocycles. The average Bonchev–Trinajstić information content (AvgIpc) is 3.27. The maximum absolute atomic E-state index is 13.1. The Balaban J connectivity index is 1.59. The molecule has 33 heavy (non-hydrogen) atoms. The number of methoxy groups -OCH3 is 1. The zero-order valence-corrected chi connectivity index (χ0v) is 18.7. The third-order valence-electron chi connectivity index (χ3n) is 5.35. The Labute approximate surface area is 190 Å². The molecular weight excluding hydrogens is 440 g/mol. The number of pyridine rings is 1. The number of nitrogens with zero attached hydrogens (tertiary/aromatic N) is 5. The van der Waals surface area contributed by atoms with Crippen molar-refractivity contribution in [2.24, 2.45) is 0 Å². The fourth-order valence-corrected chi connectivity index (χ4v) is 4.92. The number of hydrogen-bond acceptors (Lipinski definition) is 7. The van der Waals surface area contributed by atoms with Crippen LogP contribution in [0.1, 0.15) is 11.3 Å². The number of sulfonamides is 1. The van der Waals surface area contributed by atoms with Gasteiger partial charge in [0.25, 0.3) is 0 Å². The van der Waals surface area contributed by atoms with E-state index < -0.39 is 10.0 Å². The van der Waals surface area contributed by atoms with Crippen molar-refractivity contribution in [2.45, 2.75) is 18.4 Å². The lowest BCUT2D eigenvalue weighted by Crippen LogP contribution is -2.24. The second-order valence-corrected chi connectivity index (χ2v) is 9.18. The van der Waals surface area contributed by atoms with Crippen molar-refractivity contribution in [3.8, 4) is 17.1 Å². The van der Waals surface area contributed by atoms with E-state index in [1.54, 1.807) is 41.2 Å². The predicted octanol–water partition coefficient (Wildman–Crippen LogP) is 3.14. The van der Waals surface area contributed by atoms with Gasteiger partial charge in [-0.05, 0) is 36.8 Å². The SMILES string of the molecule is COc1ccc(-c2nnc3c4ccccc4c(C)nn23)cc1S(=O)(=O)NCc1cccnc1. The van der Waals surface area contributed by atoms with E-state index in [1.807, 2.05) is 31.2 Å². The largest absolute Gasteiger partial charge is 0.495 e. The second kappa shape index (κ2) is 8.23. The van der Waals surface area contributed by atoms with Gasteiger partial charge < -0.3 is 4.74 Å². The minimum atomic E-state index is -3.89. The summed E-state index contributed by atoms with van der Waals surface area (Å²) in [5.74, 6) is 0.658. The summed E-state index contributed by atoms with van der Waals surface area (Å²) in [7, 11) is -2.46. The fourth-order valence-electron chi connectivity index (χ4n) is 3.70. The van der Waals surface area contributed by atoms with Gasteiger partial charge in [-0.3, -0.25) is 4.98 Å². The average molecular weight is 461 g/mol. The highest BCUT2D eigenvalue weighted by molar-refractivity contribution is 7.89. The lowest BCUT2D eigenvalue weighted by Gasteiger charge is -2.12. The number of nitrogens with one attached hydrogen (secondary N) is 1. The van der Waals surface area contributed by atoms with Crippen LogP contribution in [0, 0.1) is 6.92 Å². The smallest absolute Gasteiger partial charge is 0.244 e. The van der Waals surface area contributed by atoms with Gasteiger partial charge in [-0.25, -0.2) is 13.1 Å². The monoisotopic (exact) mass is 460 g/mol. The summed E-state index contributed by atoms with van der Waals surface area (Å²) in [6.45, 7) is 2.02. The molecule has 1 N–H and O–H groups in total. The van der Waals surface area contributed by atoms with Gasteiger partial charge in [-0.15, -0.1) is 10.2 Å². The van der Waals surface area contributed by atoms with E-state index in [9.17, 15) is 8.42 Å². The third-order valence-corrected chi connectivity index (χ3v) is 6.77. The zero-order chi connectivity index (χ0) is 23.0. The van der Waals surface area contributed by atoms with Crippen LogP contribution in [0.15, 0.2) is 71.9 Å². The fraction of sp³-hybridized carbons (Fsp3) is 0.130. The van der Waals surface area contributed by atoms with E-state index >= 15 is 0 Å². The van der Waals surface area contributed by atoms with E-state index in [2.05, 4.69) is 25.0 Å². The predicted molar refractivity (Wildman–Crippen MR) is 123 cm³/mol. The summed E-state index contributed by atoms with van der Waals surface area (Å²) in [5, 5.41) is 15.2. The van der Waals surface area contributed by atoms with Gasteiger partial charge in [-0.2, -0.15) is 9.61 Å². The first kappa shape index (κ1) is 21.0. The summed E-state index contributed by atoms with van der Waals surface area (Å²) in [6.07, 6.45) is 3.24. The molecule has 3 aromatic heterocycles. The van der Waals surface area contributed by atoms with Gasteiger partial charge in [-0.1, -0.05) is 30.3 Å². The van der Waals surface area contributed by atoms with Crippen LogP contribution in [0.2, 0.25) is 0 Å². The van der Waals surface area contributed by atoms with Gasteiger partial charge >= 0.3 is 0 Å². The van der Waals surface area contributed by atoms with Crippen molar-refractivity contribution in [3.63, 3.8) is 0 Å². The van der Waals surface area contributed by atoms with Gasteiger partial charge in [0.15, 0.2) is 11.5 Å². The van der Waals surface area contributed by atoms with Crippen LogP contribution in [-0.4, -0.2) is 40.3 Å². The van der Waals surface area contributed by atoms with Gasteiger partial charge in [0.2, 0.25) is 10.0 Å². The van der Waals surface area contributed by atoms with Crippen molar-refractivity contribution >= 4 is 26.4 Å². The van der Waals surface area contributed by atoms with Crippen LogP contribution >= 0.6 is 0 Å². The molecule has 0 saturated carbocycles. The van der Waals surface area contributed by atoms with Gasteiger partial charge in [0.1, 0.15) is 10.6 Å². The highest BCUT2D eigenvalue weighted by Gasteiger charge is 2.22. The van der Waals surface area contributed by atoms with Crippen LogP contribution in [0.5, 0.6) is 5.75 Å². The molecule has 0 unspecified atom stereocenters. The Kier molecular flexibility index (Phi) is 5.23. The molecule has 0 atom stereocenters.